The van der Waals surface area contributed by atoms with E-state index >= 15 is 0 Å². The Bertz CT molecular complexity index is 844. The number of nitrogens with one attached hydrogen (secondary N) is 1. The molecule has 27 heavy (non-hydrogen) atoms. The smallest absolute Gasteiger partial charge is 0.335 e. The summed E-state index contributed by atoms with van der Waals surface area (Å²) in [7, 11) is 1.60. The summed E-state index contributed by atoms with van der Waals surface area (Å²) in [6.07, 6.45) is 0.737. The third-order valence-electron chi connectivity index (χ3n) is 4.51. The number of nitrogens with zero attached hydrogens (tertiary/aromatic N) is 1. The number of aryl methyl sites for hydroxylation is 2. The van der Waals surface area contributed by atoms with Crippen molar-refractivity contribution >= 4 is 23.5 Å². The molecule has 6 nitrogen and oxygen atoms in total. The first kappa shape index (κ1) is 20.2. The molecule has 0 aliphatic heterocycles. The summed E-state index contributed by atoms with van der Waals surface area (Å²) in [5, 5.41) is 11.7. The van der Waals surface area contributed by atoms with Gasteiger partial charge in [0, 0.05) is 19.2 Å². The van der Waals surface area contributed by atoms with Crippen molar-refractivity contribution < 1.29 is 19.5 Å². The van der Waals surface area contributed by atoms with Crippen LogP contribution in [0.4, 0.5) is 5.69 Å². The first-order valence-corrected chi connectivity index (χ1v) is 8.70. The molecule has 0 radical (unpaired) electrons. The van der Waals surface area contributed by atoms with E-state index < -0.39 is 5.97 Å². The standard InChI is InChI=1S/C21H24N2O4/c1-14-5-4-6-18(15(14)2)22-19(24)13-23(3)20(25)12-9-16-7-10-17(11-8-16)21(26)27/h4-8,10-11H,9,12-13H2,1-3H3,(H,22,24)(H,26,27). The number of hydrogen-bond donors (Lipinski definition) is 2. The molecule has 0 bridgehead atoms. The van der Waals surface area contributed by atoms with E-state index in [1.807, 2.05) is 32.0 Å². The number of carbonyl (C=O) groups is 3. The SMILES string of the molecule is Cc1cccc(NC(=O)CN(C)C(=O)CCc2ccc(C(=O)O)cc2)c1C. The van der Waals surface area contributed by atoms with Crippen molar-refractivity contribution in [3.63, 3.8) is 0 Å². The van der Waals surface area contributed by atoms with Gasteiger partial charge in [-0.25, -0.2) is 4.79 Å². The zero-order valence-electron chi connectivity index (χ0n) is 15.8. The lowest BCUT2D eigenvalue weighted by atomic mass is 10.1. The van der Waals surface area contributed by atoms with Crippen LogP contribution < -0.4 is 5.32 Å². The van der Waals surface area contributed by atoms with E-state index in [2.05, 4.69) is 5.32 Å². The number of carboxylic acids is 1. The van der Waals surface area contributed by atoms with Crippen molar-refractivity contribution in [2.75, 3.05) is 18.9 Å². The van der Waals surface area contributed by atoms with Crippen LogP contribution in [-0.2, 0) is 16.0 Å². The fourth-order valence-electron chi connectivity index (χ4n) is 2.64. The second-order valence-electron chi connectivity index (χ2n) is 6.55. The lowest BCUT2D eigenvalue weighted by Crippen LogP contribution is -2.35. The normalized spacial score (nSPS) is 10.3. The van der Waals surface area contributed by atoms with Gasteiger partial charge in [-0.1, -0.05) is 24.3 Å². The summed E-state index contributed by atoms with van der Waals surface area (Å²) < 4.78 is 0. The Morgan fingerprint density at radius 2 is 1.70 bits per heavy atom. The Hall–Kier alpha value is -3.15. The van der Waals surface area contributed by atoms with Gasteiger partial charge in [0.15, 0.2) is 0 Å². The van der Waals surface area contributed by atoms with Crippen LogP contribution in [0.25, 0.3) is 0 Å². The summed E-state index contributed by atoms with van der Waals surface area (Å²) in [6, 6.07) is 12.1. The first-order chi connectivity index (χ1) is 12.8. The van der Waals surface area contributed by atoms with Crippen LogP contribution >= 0.6 is 0 Å². The minimum Gasteiger partial charge on any atom is -0.478 e. The fraction of sp³-hybridized carbons (Fsp3) is 0.286. The molecule has 2 aromatic carbocycles. The van der Waals surface area contributed by atoms with E-state index in [0.717, 1.165) is 22.4 Å². The zero-order valence-corrected chi connectivity index (χ0v) is 15.8. The van der Waals surface area contributed by atoms with Crippen molar-refractivity contribution in [2.24, 2.45) is 0 Å². The Labute approximate surface area is 158 Å². The summed E-state index contributed by atoms with van der Waals surface area (Å²) in [4.78, 5) is 36.7. The molecular formula is C21H24N2O4. The summed E-state index contributed by atoms with van der Waals surface area (Å²) in [5.41, 5.74) is 3.93. The van der Waals surface area contributed by atoms with Gasteiger partial charge in [0.05, 0.1) is 12.1 Å². The molecule has 2 aromatic rings. The van der Waals surface area contributed by atoms with Gasteiger partial charge in [0.2, 0.25) is 11.8 Å². The third-order valence-corrected chi connectivity index (χ3v) is 4.51. The van der Waals surface area contributed by atoms with Crippen LogP contribution in [0, 0.1) is 13.8 Å². The number of carbonyl (C=O) groups excluding carboxylic acids is 2. The average Bonchev–Trinajstić information content (AvgIpc) is 2.63. The minimum atomic E-state index is -0.979. The highest BCUT2D eigenvalue weighted by molar-refractivity contribution is 5.95. The van der Waals surface area contributed by atoms with E-state index in [4.69, 9.17) is 5.11 Å². The van der Waals surface area contributed by atoms with Crippen molar-refractivity contribution in [3.8, 4) is 0 Å². The second-order valence-corrected chi connectivity index (χ2v) is 6.55. The topological polar surface area (TPSA) is 86.7 Å². The molecule has 0 spiro atoms. The molecule has 6 heteroatoms. The number of likely N-dealkylation sites (N-methyl/N-ethyl adjacent to an activating group) is 1. The maximum atomic E-state index is 12.3. The largest absolute Gasteiger partial charge is 0.478 e. The number of rotatable bonds is 7. The predicted molar refractivity (Wildman–Crippen MR) is 104 cm³/mol. The lowest BCUT2D eigenvalue weighted by molar-refractivity contribution is -0.133. The molecule has 0 aliphatic rings. The van der Waals surface area contributed by atoms with Gasteiger partial charge in [0.1, 0.15) is 0 Å². The molecule has 0 atom stereocenters. The zero-order chi connectivity index (χ0) is 20.0. The summed E-state index contributed by atoms with van der Waals surface area (Å²) in [6.45, 7) is 3.89. The third kappa shape index (κ3) is 5.67. The number of amides is 2. The average molecular weight is 368 g/mol. The quantitative estimate of drug-likeness (QED) is 0.786. The minimum absolute atomic E-state index is 0.0236. The van der Waals surface area contributed by atoms with Gasteiger partial charge in [0.25, 0.3) is 0 Å². The number of benzene rings is 2. The van der Waals surface area contributed by atoms with Gasteiger partial charge in [-0.15, -0.1) is 0 Å². The van der Waals surface area contributed by atoms with Crippen LogP contribution in [0.2, 0.25) is 0 Å². The van der Waals surface area contributed by atoms with Gasteiger partial charge in [-0.05, 0) is 55.2 Å². The van der Waals surface area contributed by atoms with E-state index in [9.17, 15) is 14.4 Å². The van der Waals surface area contributed by atoms with Crippen molar-refractivity contribution in [2.45, 2.75) is 26.7 Å². The first-order valence-electron chi connectivity index (χ1n) is 8.70. The van der Waals surface area contributed by atoms with Crippen LogP contribution in [0.5, 0.6) is 0 Å². The number of anilines is 1. The lowest BCUT2D eigenvalue weighted by Gasteiger charge is -2.18. The van der Waals surface area contributed by atoms with Gasteiger partial charge in [-0.2, -0.15) is 0 Å². The molecule has 2 N–H and O–H groups in total. The Balaban J connectivity index is 1.84. The molecular weight excluding hydrogens is 344 g/mol. The Morgan fingerprint density at radius 1 is 1.04 bits per heavy atom. The molecule has 2 amide bonds. The van der Waals surface area contributed by atoms with Crippen molar-refractivity contribution in [1.29, 1.82) is 0 Å². The molecule has 2 rings (SSSR count). The molecule has 142 valence electrons. The maximum absolute atomic E-state index is 12.3. The van der Waals surface area contributed by atoms with E-state index in [1.165, 1.54) is 17.0 Å². The van der Waals surface area contributed by atoms with Crippen LogP contribution in [0.3, 0.4) is 0 Å². The number of aromatic carboxylic acids is 1. The predicted octanol–water partition coefficient (Wildman–Crippen LogP) is 3.03. The molecule has 0 saturated heterocycles. The number of hydrogen-bond acceptors (Lipinski definition) is 3. The van der Waals surface area contributed by atoms with E-state index in [-0.39, 0.29) is 30.3 Å². The van der Waals surface area contributed by atoms with Crippen LogP contribution in [0.15, 0.2) is 42.5 Å². The molecule has 0 heterocycles. The van der Waals surface area contributed by atoms with Gasteiger partial charge in [-0.3, -0.25) is 9.59 Å². The molecule has 0 aromatic heterocycles. The van der Waals surface area contributed by atoms with Crippen molar-refractivity contribution in [3.05, 3.63) is 64.7 Å². The van der Waals surface area contributed by atoms with E-state index in [1.54, 1.807) is 19.2 Å². The number of carboxylic acid groups (broad SMARTS) is 1. The molecule has 0 fully saturated rings. The Morgan fingerprint density at radius 3 is 2.33 bits per heavy atom. The van der Waals surface area contributed by atoms with Crippen LogP contribution in [0.1, 0.15) is 33.5 Å². The van der Waals surface area contributed by atoms with Gasteiger partial charge >= 0.3 is 5.97 Å². The van der Waals surface area contributed by atoms with Gasteiger partial charge < -0.3 is 15.3 Å². The maximum Gasteiger partial charge on any atom is 0.335 e. The highest BCUT2D eigenvalue weighted by atomic mass is 16.4. The molecule has 0 saturated carbocycles. The van der Waals surface area contributed by atoms with Crippen molar-refractivity contribution in [1.82, 2.24) is 4.90 Å². The van der Waals surface area contributed by atoms with E-state index in [0.29, 0.717) is 6.42 Å². The highest BCUT2D eigenvalue weighted by Crippen LogP contribution is 2.17. The fourth-order valence-corrected chi connectivity index (χ4v) is 2.64. The highest BCUT2D eigenvalue weighted by Gasteiger charge is 2.14. The summed E-state index contributed by atoms with van der Waals surface area (Å²) in [5.74, 6) is -1.37. The van der Waals surface area contributed by atoms with Crippen LogP contribution in [-0.4, -0.2) is 41.4 Å². The second kappa shape index (κ2) is 8.98. The molecule has 0 unspecified atom stereocenters. The summed E-state index contributed by atoms with van der Waals surface area (Å²) >= 11 is 0. The Kier molecular flexibility index (Phi) is 6.71. The monoisotopic (exact) mass is 368 g/mol. The molecule has 0 aliphatic carbocycles.